The molecule has 122 valence electrons. The first-order valence-electron chi connectivity index (χ1n) is 7.79. The zero-order valence-electron chi connectivity index (χ0n) is 12.9. The molecule has 3 nitrogen and oxygen atoms in total. The highest BCUT2D eigenvalue weighted by Gasteiger charge is 2.23. The number of nitrogens with one attached hydrogen (secondary N) is 1. The number of benzene rings is 1. The van der Waals surface area contributed by atoms with Crippen molar-refractivity contribution in [1.82, 2.24) is 10.3 Å². The van der Waals surface area contributed by atoms with Crippen LogP contribution in [0.2, 0.25) is 0 Å². The van der Waals surface area contributed by atoms with E-state index < -0.39 is 11.6 Å². The molecule has 0 atom stereocenters. The highest BCUT2D eigenvalue weighted by atomic mass is 32.1. The molecular weight excluding hydrogens is 318 g/mol. The molecule has 0 bridgehead atoms. The second kappa shape index (κ2) is 6.74. The van der Waals surface area contributed by atoms with Gasteiger partial charge in [-0.3, -0.25) is 4.79 Å². The van der Waals surface area contributed by atoms with E-state index in [1.807, 2.05) is 0 Å². The molecule has 3 rings (SSSR count). The summed E-state index contributed by atoms with van der Waals surface area (Å²) in [5, 5.41) is 3.21. The van der Waals surface area contributed by atoms with Crippen molar-refractivity contribution in [3.63, 3.8) is 0 Å². The molecule has 1 heterocycles. The maximum Gasteiger partial charge on any atom is 0.263 e. The lowest BCUT2D eigenvalue weighted by molar-refractivity contribution is 0.0931. The van der Waals surface area contributed by atoms with E-state index in [0.717, 1.165) is 37.0 Å². The zero-order chi connectivity index (χ0) is 16.4. The molecule has 23 heavy (non-hydrogen) atoms. The summed E-state index contributed by atoms with van der Waals surface area (Å²) in [6, 6.07) is 3.88. The number of hydrogen-bond acceptors (Lipinski definition) is 3. The van der Waals surface area contributed by atoms with Crippen molar-refractivity contribution in [1.29, 1.82) is 0 Å². The minimum absolute atomic E-state index is 0.169. The Bertz CT molecular complexity index is 703. The summed E-state index contributed by atoms with van der Waals surface area (Å²) < 4.78 is 27.8. The van der Waals surface area contributed by atoms with Gasteiger partial charge in [0.25, 0.3) is 5.91 Å². The first-order valence-corrected chi connectivity index (χ1v) is 8.60. The molecule has 1 aromatic carbocycles. The molecule has 2 aromatic rings. The SMILES string of the molecule is Cc1nc(-c2c(F)cccc2F)sc1C(=O)NC1CCCCC1. The fraction of sp³-hybridized carbons (Fsp3) is 0.412. The largest absolute Gasteiger partial charge is 0.349 e. The average molecular weight is 336 g/mol. The van der Waals surface area contributed by atoms with Gasteiger partial charge in [0.05, 0.1) is 11.3 Å². The van der Waals surface area contributed by atoms with Gasteiger partial charge in [0, 0.05) is 6.04 Å². The number of amides is 1. The summed E-state index contributed by atoms with van der Waals surface area (Å²) >= 11 is 1.03. The fourth-order valence-electron chi connectivity index (χ4n) is 2.91. The zero-order valence-corrected chi connectivity index (χ0v) is 13.7. The summed E-state index contributed by atoms with van der Waals surface area (Å²) in [6.07, 6.45) is 5.43. The predicted molar refractivity (Wildman–Crippen MR) is 86.5 cm³/mol. The Balaban J connectivity index is 1.84. The van der Waals surface area contributed by atoms with Crippen LogP contribution in [0.5, 0.6) is 0 Å². The number of nitrogens with zero attached hydrogens (tertiary/aromatic N) is 1. The molecule has 1 aliphatic rings. The number of carbonyl (C=O) groups is 1. The highest BCUT2D eigenvalue weighted by Crippen LogP contribution is 2.32. The summed E-state index contributed by atoms with van der Waals surface area (Å²) in [6.45, 7) is 1.69. The van der Waals surface area contributed by atoms with Crippen LogP contribution in [0.25, 0.3) is 10.6 Å². The van der Waals surface area contributed by atoms with Crippen LogP contribution in [0, 0.1) is 18.6 Å². The molecule has 0 aliphatic heterocycles. The van der Waals surface area contributed by atoms with Gasteiger partial charge in [0.1, 0.15) is 21.5 Å². The van der Waals surface area contributed by atoms with Crippen LogP contribution in [0.15, 0.2) is 18.2 Å². The van der Waals surface area contributed by atoms with E-state index in [2.05, 4.69) is 10.3 Å². The lowest BCUT2D eigenvalue weighted by Crippen LogP contribution is -2.36. The van der Waals surface area contributed by atoms with E-state index in [1.54, 1.807) is 6.92 Å². The molecule has 1 aliphatic carbocycles. The van der Waals surface area contributed by atoms with Crippen molar-refractivity contribution in [3.8, 4) is 10.6 Å². The van der Waals surface area contributed by atoms with E-state index >= 15 is 0 Å². The first kappa shape index (κ1) is 16.1. The molecule has 1 fully saturated rings. The van der Waals surface area contributed by atoms with Gasteiger partial charge in [0.2, 0.25) is 0 Å². The van der Waals surface area contributed by atoms with Crippen LogP contribution in [-0.2, 0) is 0 Å². The van der Waals surface area contributed by atoms with Crippen molar-refractivity contribution in [3.05, 3.63) is 40.4 Å². The van der Waals surface area contributed by atoms with Crippen LogP contribution >= 0.6 is 11.3 Å². The predicted octanol–water partition coefficient (Wildman–Crippen LogP) is 4.46. The third-order valence-electron chi connectivity index (χ3n) is 4.12. The highest BCUT2D eigenvalue weighted by molar-refractivity contribution is 7.17. The normalized spacial score (nSPS) is 15.6. The Morgan fingerprint density at radius 3 is 2.52 bits per heavy atom. The smallest absolute Gasteiger partial charge is 0.263 e. The van der Waals surface area contributed by atoms with E-state index in [4.69, 9.17) is 0 Å². The van der Waals surface area contributed by atoms with Crippen molar-refractivity contribution in [2.45, 2.75) is 45.1 Å². The maximum absolute atomic E-state index is 13.9. The summed E-state index contributed by atoms with van der Waals surface area (Å²) in [7, 11) is 0. The Kier molecular flexibility index (Phi) is 4.71. The lowest BCUT2D eigenvalue weighted by Gasteiger charge is -2.22. The van der Waals surface area contributed by atoms with Gasteiger partial charge in [-0.25, -0.2) is 13.8 Å². The summed E-state index contributed by atoms with van der Waals surface area (Å²) in [4.78, 5) is 17.0. The summed E-state index contributed by atoms with van der Waals surface area (Å²) in [5.74, 6) is -1.54. The Morgan fingerprint density at radius 2 is 1.87 bits per heavy atom. The van der Waals surface area contributed by atoms with Gasteiger partial charge < -0.3 is 5.32 Å². The van der Waals surface area contributed by atoms with Crippen LogP contribution in [0.1, 0.15) is 47.5 Å². The van der Waals surface area contributed by atoms with Gasteiger partial charge in [0.15, 0.2) is 0 Å². The molecule has 1 N–H and O–H groups in total. The Morgan fingerprint density at radius 1 is 1.22 bits per heavy atom. The topological polar surface area (TPSA) is 42.0 Å². The molecule has 1 amide bonds. The average Bonchev–Trinajstić information content (AvgIpc) is 2.90. The minimum Gasteiger partial charge on any atom is -0.349 e. The monoisotopic (exact) mass is 336 g/mol. The molecule has 6 heteroatoms. The third kappa shape index (κ3) is 3.42. The van der Waals surface area contributed by atoms with E-state index in [9.17, 15) is 13.6 Å². The van der Waals surface area contributed by atoms with Crippen LogP contribution in [-0.4, -0.2) is 16.9 Å². The number of carbonyl (C=O) groups excluding carboxylic acids is 1. The van der Waals surface area contributed by atoms with Crippen LogP contribution in [0.4, 0.5) is 8.78 Å². The van der Waals surface area contributed by atoms with Gasteiger partial charge in [-0.2, -0.15) is 0 Å². The number of rotatable bonds is 3. The van der Waals surface area contributed by atoms with E-state index in [-0.39, 0.29) is 22.5 Å². The molecule has 0 radical (unpaired) electrons. The van der Waals surface area contributed by atoms with Crippen molar-refractivity contribution in [2.24, 2.45) is 0 Å². The minimum atomic E-state index is -0.669. The van der Waals surface area contributed by atoms with Crippen LogP contribution < -0.4 is 5.32 Å². The van der Waals surface area contributed by atoms with E-state index in [0.29, 0.717) is 10.6 Å². The number of aromatic nitrogens is 1. The van der Waals surface area contributed by atoms with Gasteiger partial charge in [-0.15, -0.1) is 11.3 Å². The number of halogens is 2. The fourth-order valence-corrected chi connectivity index (χ4v) is 3.93. The number of aryl methyl sites for hydroxylation is 1. The van der Waals surface area contributed by atoms with E-state index in [1.165, 1.54) is 24.6 Å². The first-order chi connectivity index (χ1) is 11.1. The van der Waals surface area contributed by atoms with Crippen molar-refractivity contribution >= 4 is 17.2 Å². The van der Waals surface area contributed by atoms with Crippen molar-refractivity contribution in [2.75, 3.05) is 0 Å². The Hall–Kier alpha value is -1.82. The second-order valence-corrected chi connectivity index (χ2v) is 6.84. The second-order valence-electron chi connectivity index (χ2n) is 5.84. The van der Waals surface area contributed by atoms with Gasteiger partial charge >= 0.3 is 0 Å². The molecule has 0 spiro atoms. The summed E-state index contributed by atoms with van der Waals surface area (Å²) in [5.41, 5.74) is 0.332. The number of hydrogen-bond donors (Lipinski definition) is 1. The molecule has 0 saturated heterocycles. The molecule has 1 aromatic heterocycles. The standard InChI is InChI=1S/C17H18F2N2OS/c1-10-15(16(22)21-11-6-3-2-4-7-11)23-17(20-10)14-12(18)8-5-9-13(14)19/h5,8-9,11H,2-4,6-7H2,1H3,(H,21,22). The molecule has 1 saturated carbocycles. The van der Waals surface area contributed by atoms with Crippen LogP contribution in [0.3, 0.4) is 0 Å². The number of thiazole rings is 1. The quantitative estimate of drug-likeness (QED) is 0.899. The van der Waals surface area contributed by atoms with Crippen molar-refractivity contribution < 1.29 is 13.6 Å². The lowest BCUT2D eigenvalue weighted by atomic mass is 9.95. The Labute approximate surface area is 137 Å². The molecule has 0 unspecified atom stereocenters. The van der Waals surface area contributed by atoms with Gasteiger partial charge in [-0.05, 0) is 31.9 Å². The molecular formula is C17H18F2N2OS. The van der Waals surface area contributed by atoms with Gasteiger partial charge in [-0.1, -0.05) is 25.3 Å². The maximum atomic E-state index is 13.9. The third-order valence-corrected chi connectivity index (χ3v) is 5.29.